The highest BCUT2D eigenvalue weighted by molar-refractivity contribution is 7.22. The Hall–Kier alpha value is -4.31. The molecule has 1 aliphatic rings. The van der Waals surface area contributed by atoms with E-state index in [1.807, 2.05) is 30.3 Å². The molecule has 2 heterocycles. The van der Waals surface area contributed by atoms with E-state index in [0.29, 0.717) is 19.6 Å². The summed E-state index contributed by atoms with van der Waals surface area (Å²) in [7, 11) is 0. The summed E-state index contributed by atoms with van der Waals surface area (Å²) in [5.74, 6) is 2.62. The molecule has 224 valence electrons. The van der Waals surface area contributed by atoms with Gasteiger partial charge < -0.3 is 14.2 Å². The van der Waals surface area contributed by atoms with Gasteiger partial charge in [0.1, 0.15) is 30.5 Å². The lowest BCUT2D eigenvalue weighted by Crippen LogP contribution is -2.25. The Kier molecular flexibility index (Phi) is 10.1. The summed E-state index contributed by atoms with van der Waals surface area (Å²) in [5, 5.41) is 10.0. The second-order valence-corrected chi connectivity index (χ2v) is 12.2. The Bertz CT molecular complexity index is 1670. The van der Waals surface area contributed by atoms with Crippen molar-refractivity contribution in [2.45, 2.75) is 38.7 Å². The number of benzene rings is 4. The van der Waals surface area contributed by atoms with Crippen LogP contribution >= 0.6 is 11.3 Å². The van der Waals surface area contributed by atoms with Crippen LogP contribution in [-0.4, -0.2) is 37.7 Å². The number of hydrogen-bond donors (Lipinski definition) is 0. The van der Waals surface area contributed by atoms with Crippen LogP contribution in [0.25, 0.3) is 20.5 Å². The predicted octanol–water partition coefficient (Wildman–Crippen LogP) is 8.90. The van der Waals surface area contributed by atoms with Gasteiger partial charge in [0.05, 0.1) is 12.7 Å². The van der Waals surface area contributed by atoms with E-state index in [-0.39, 0.29) is 0 Å². The van der Waals surface area contributed by atoms with Gasteiger partial charge in [0.25, 0.3) is 0 Å². The van der Waals surface area contributed by atoms with Gasteiger partial charge in [-0.15, -0.1) is 11.3 Å². The van der Waals surface area contributed by atoms with Gasteiger partial charge in [-0.1, -0.05) is 42.5 Å². The van der Waals surface area contributed by atoms with Gasteiger partial charge in [-0.3, -0.25) is 4.90 Å². The molecule has 0 amide bonds. The molecule has 0 aliphatic carbocycles. The highest BCUT2D eigenvalue weighted by atomic mass is 32.1. The first-order valence-electron chi connectivity index (χ1n) is 15.5. The van der Waals surface area contributed by atoms with Gasteiger partial charge in [-0.05, 0) is 121 Å². The van der Waals surface area contributed by atoms with E-state index in [0.717, 1.165) is 48.8 Å². The van der Waals surface area contributed by atoms with Crippen molar-refractivity contribution >= 4 is 21.4 Å². The van der Waals surface area contributed by atoms with Crippen LogP contribution in [0.15, 0.2) is 97.1 Å². The van der Waals surface area contributed by atoms with Gasteiger partial charge in [-0.25, -0.2) is 0 Å². The first-order chi connectivity index (χ1) is 21.7. The zero-order valence-electron chi connectivity index (χ0n) is 25.0. The molecule has 0 atom stereocenters. The third-order valence-corrected chi connectivity index (χ3v) is 9.25. The maximum Gasteiger partial charge on any atom is 0.121 e. The molecular formula is C38H38N2O3S. The molecule has 1 saturated heterocycles. The molecular weight excluding hydrogens is 564 g/mol. The maximum atomic E-state index is 8.78. The average molecular weight is 603 g/mol. The van der Waals surface area contributed by atoms with Gasteiger partial charge in [0, 0.05) is 22.5 Å². The Labute approximate surface area is 264 Å². The zero-order valence-corrected chi connectivity index (χ0v) is 25.9. The molecule has 0 bridgehead atoms. The highest BCUT2D eigenvalue weighted by Crippen LogP contribution is 2.42. The Morgan fingerprint density at radius 2 is 1.43 bits per heavy atom. The summed E-state index contributed by atoms with van der Waals surface area (Å²) >= 11 is 1.80. The second-order valence-electron chi connectivity index (χ2n) is 11.2. The zero-order chi connectivity index (χ0) is 30.0. The molecule has 0 spiro atoms. The van der Waals surface area contributed by atoms with Crippen LogP contribution in [-0.2, 0) is 13.0 Å². The fourth-order valence-corrected chi connectivity index (χ4v) is 6.88. The van der Waals surface area contributed by atoms with Crippen molar-refractivity contribution in [2.75, 3.05) is 32.8 Å². The molecule has 6 heteroatoms. The molecule has 44 heavy (non-hydrogen) atoms. The van der Waals surface area contributed by atoms with Crippen molar-refractivity contribution < 1.29 is 14.2 Å². The number of hydrogen-bond acceptors (Lipinski definition) is 6. The van der Waals surface area contributed by atoms with Crippen molar-refractivity contribution in [1.29, 1.82) is 5.26 Å². The standard InChI is InChI=1S/C38H38N2O3S/c39-20-4-7-24-41-33-16-12-31(13-17-33)38-36(26-29-10-14-32(15-11-29)42-25-23-40-21-5-6-22-40)35-19-18-34(27-37(35)44-38)43-28-30-8-2-1-3-9-30/h1-3,8-19,27H,4-7,21-26,28H2. The molecule has 1 aliphatic heterocycles. The minimum atomic E-state index is 0.506. The van der Waals surface area contributed by atoms with E-state index in [1.54, 1.807) is 11.3 Å². The summed E-state index contributed by atoms with van der Waals surface area (Å²) in [5.41, 5.74) is 4.88. The van der Waals surface area contributed by atoms with Crippen LogP contribution < -0.4 is 14.2 Å². The Morgan fingerprint density at radius 3 is 2.18 bits per heavy atom. The number of fused-ring (bicyclic) bond motifs is 1. The first-order valence-corrected chi connectivity index (χ1v) is 16.3. The van der Waals surface area contributed by atoms with Crippen LogP contribution in [0.1, 0.15) is 42.4 Å². The first kappa shape index (κ1) is 29.7. The molecule has 0 unspecified atom stereocenters. The summed E-state index contributed by atoms with van der Waals surface area (Å²) in [4.78, 5) is 3.73. The van der Waals surface area contributed by atoms with Gasteiger partial charge >= 0.3 is 0 Å². The molecule has 4 aromatic carbocycles. The lowest BCUT2D eigenvalue weighted by atomic mass is 9.99. The van der Waals surface area contributed by atoms with E-state index in [9.17, 15) is 0 Å². The third kappa shape index (κ3) is 7.79. The number of rotatable bonds is 14. The average Bonchev–Trinajstić information content (AvgIpc) is 3.72. The van der Waals surface area contributed by atoms with Gasteiger partial charge in [0.15, 0.2) is 0 Å². The lowest BCUT2D eigenvalue weighted by Gasteiger charge is -2.15. The fraction of sp³-hybridized carbons (Fsp3) is 0.289. The Balaban J connectivity index is 1.21. The molecule has 0 N–H and O–H groups in total. The van der Waals surface area contributed by atoms with Crippen LogP contribution in [0.4, 0.5) is 0 Å². The molecule has 0 radical (unpaired) electrons. The molecule has 6 rings (SSSR count). The number of ether oxygens (including phenoxy) is 3. The van der Waals surface area contributed by atoms with Crippen molar-refractivity contribution in [3.8, 4) is 33.8 Å². The molecule has 1 fully saturated rings. The smallest absolute Gasteiger partial charge is 0.121 e. The number of thiophene rings is 1. The quantitative estimate of drug-likeness (QED) is 0.119. The number of unbranched alkanes of at least 4 members (excludes halogenated alkanes) is 1. The minimum Gasteiger partial charge on any atom is -0.494 e. The van der Waals surface area contributed by atoms with E-state index in [1.165, 1.54) is 57.6 Å². The van der Waals surface area contributed by atoms with Crippen molar-refractivity contribution in [3.05, 3.63) is 114 Å². The molecule has 1 aromatic heterocycles. The molecule has 0 saturated carbocycles. The van der Waals surface area contributed by atoms with Crippen molar-refractivity contribution in [2.24, 2.45) is 0 Å². The monoisotopic (exact) mass is 602 g/mol. The van der Waals surface area contributed by atoms with Gasteiger partial charge in [0.2, 0.25) is 0 Å². The van der Waals surface area contributed by atoms with Gasteiger partial charge in [-0.2, -0.15) is 5.26 Å². The van der Waals surface area contributed by atoms with Crippen LogP contribution in [0, 0.1) is 11.3 Å². The van der Waals surface area contributed by atoms with E-state index >= 15 is 0 Å². The SMILES string of the molecule is N#CCCCOc1ccc(-c2sc3cc(OCc4ccccc4)ccc3c2Cc2ccc(OCCN3CCCC3)cc2)cc1. The molecule has 5 aromatic rings. The largest absolute Gasteiger partial charge is 0.494 e. The van der Waals surface area contributed by atoms with Crippen molar-refractivity contribution in [1.82, 2.24) is 4.90 Å². The van der Waals surface area contributed by atoms with E-state index in [4.69, 9.17) is 19.5 Å². The Morgan fingerprint density at radius 1 is 0.727 bits per heavy atom. The minimum absolute atomic E-state index is 0.506. The maximum absolute atomic E-state index is 8.78. The summed E-state index contributed by atoms with van der Waals surface area (Å²) in [6.45, 7) is 5.19. The highest BCUT2D eigenvalue weighted by Gasteiger charge is 2.16. The van der Waals surface area contributed by atoms with Crippen molar-refractivity contribution in [3.63, 3.8) is 0 Å². The second kappa shape index (κ2) is 14.9. The summed E-state index contributed by atoms with van der Waals surface area (Å²) < 4.78 is 19.3. The van der Waals surface area contributed by atoms with E-state index in [2.05, 4.69) is 77.7 Å². The number of likely N-dealkylation sites (tertiary alicyclic amines) is 1. The topological polar surface area (TPSA) is 54.7 Å². The van der Waals surface area contributed by atoms with Crippen LogP contribution in [0.2, 0.25) is 0 Å². The fourth-order valence-electron chi connectivity index (χ4n) is 5.62. The molecule has 5 nitrogen and oxygen atoms in total. The normalized spacial score (nSPS) is 13.2. The third-order valence-electron chi connectivity index (χ3n) is 8.01. The lowest BCUT2D eigenvalue weighted by molar-refractivity contribution is 0.238. The van der Waals surface area contributed by atoms with Crippen LogP contribution in [0.3, 0.4) is 0 Å². The van der Waals surface area contributed by atoms with E-state index < -0.39 is 0 Å². The predicted molar refractivity (Wildman–Crippen MR) is 179 cm³/mol. The summed E-state index contributed by atoms with van der Waals surface area (Å²) in [6.07, 6.45) is 4.66. The summed E-state index contributed by atoms with van der Waals surface area (Å²) in [6, 6.07) is 35.8. The number of nitriles is 1. The number of nitrogens with zero attached hydrogens (tertiary/aromatic N) is 2. The van der Waals surface area contributed by atoms with Crippen LogP contribution in [0.5, 0.6) is 17.2 Å².